The monoisotopic (exact) mass is 374 g/mol. The third-order valence-corrected chi connectivity index (χ3v) is 8.05. The normalized spacial score (nSPS) is 12.5. The fourth-order valence-corrected chi connectivity index (χ4v) is 5.54. The minimum atomic E-state index is -3.64. The predicted octanol–water partition coefficient (Wildman–Crippen LogP) is 2.58. The van der Waals surface area contributed by atoms with E-state index < -0.39 is 20.0 Å². The van der Waals surface area contributed by atoms with Gasteiger partial charge in [0.2, 0.25) is 10.0 Å². The molecule has 0 fully saturated rings. The molecule has 9 heteroatoms. The van der Waals surface area contributed by atoms with Crippen LogP contribution in [0.4, 0.5) is 5.69 Å². The van der Waals surface area contributed by atoms with Crippen molar-refractivity contribution in [2.24, 2.45) is 0 Å². The summed E-state index contributed by atoms with van der Waals surface area (Å²) in [5.74, 6) is 0. The Bertz CT molecular complexity index is 838. The molecule has 2 rings (SSSR count). The largest absolute Gasteiger partial charge is 0.279 e. The van der Waals surface area contributed by atoms with Gasteiger partial charge in [-0.25, -0.2) is 16.8 Å². The van der Waals surface area contributed by atoms with Crippen LogP contribution >= 0.6 is 11.3 Å². The highest BCUT2D eigenvalue weighted by atomic mass is 32.2. The van der Waals surface area contributed by atoms with Gasteiger partial charge >= 0.3 is 0 Å². The van der Waals surface area contributed by atoms with Crippen LogP contribution in [0.5, 0.6) is 0 Å². The van der Waals surface area contributed by atoms with Crippen LogP contribution in [0.25, 0.3) is 0 Å². The fraction of sp³-hybridized carbons (Fsp3) is 0.286. The lowest BCUT2D eigenvalue weighted by molar-refractivity contribution is 0.445. The molecule has 0 unspecified atom stereocenters. The van der Waals surface area contributed by atoms with Crippen LogP contribution in [0.3, 0.4) is 0 Å². The van der Waals surface area contributed by atoms with Gasteiger partial charge in [0, 0.05) is 18.8 Å². The smallest absolute Gasteiger partial charge is 0.271 e. The zero-order valence-electron chi connectivity index (χ0n) is 12.8. The average Bonchev–Trinajstić information content (AvgIpc) is 3.03. The summed E-state index contributed by atoms with van der Waals surface area (Å²) in [5.41, 5.74) is 0.317. The van der Waals surface area contributed by atoms with Crippen molar-refractivity contribution >= 4 is 37.1 Å². The second-order valence-electron chi connectivity index (χ2n) is 4.65. The molecule has 0 bridgehead atoms. The van der Waals surface area contributed by atoms with Crippen molar-refractivity contribution in [3.63, 3.8) is 0 Å². The Morgan fingerprint density at radius 3 is 2.09 bits per heavy atom. The molecule has 0 amide bonds. The quantitative estimate of drug-likeness (QED) is 0.807. The van der Waals surface area contributed by atoms with Crippen molar-refractivity contribution in [2.45, 2.75) is 23.0 Å². The number of hydrogen-bond acceptors (Lipinski definition) is 5. The molecule has 23 heavy (non-hydrogen) atoms. The molecule has 2 aromatic rings. The zero-order valence-corrected chi connectivity index (χ0v) is 15.2. The molecule has 0 spiro atoms. The number of nitrogens with zero attached hydrogens (tertiary/aromatic N) is 1. The lowest BCUT2D eigenvalue weighted by atomic mass is 10.3. The first-order chi connectivity index (χ1) is 10.8. The van der Waals surface area contributed by atoms with Gasteiger partial charge < -0.3 is 0 Å². The summed E-state index contributed by atoms with van der Waals surface area (Å²) in [6, 6.07) is 8.86. The molecule has 0 radical (unpaired) electrons. The number of anilines is 1. The van der Waals surface area contributed by atoms with Gasteiger partial charge in [-0.2, -0.15) is 4.31 Å². The van der Waals surface area contributed by atoms with Crippen LogP contribution in [-0.4, -0.2) is 34.2 Å². The Balaban J connectivity index is 2.24. The second kappa shape index (κ2) is 7.00. The summed E-state index contributed by atoms with van der Waals surface area (Å²) >= 11 is 1.11. The average molecular weight is 375 g/mol. The number of thiophene rings is 1. The van der Waals surface area contributed by atoms with Crippen LogP contribution in [-0.2, 0) is 20.0 Å². The highest BCUT2D eigenvalue weighted by Gasteiger charge is 2.22. The summed E-state index contributed by atoms with van der Waals surface area (Å²) in [4.78, 5) is 0.139. The SMILES string of the molecule is CCN(CC)S(=O)(=O)c1ccc(NS(=O)(=O)c2cccs2)cc1. The maximum Gasteiger partial charge on any atom is 0.271 e. The van der Waals surface area contributed by atoms with E-state index in [0.29, 0.717) is 18.8 Å². The van der Waals surface area contributed by atoms with Gasteiger partial charge in [-0.1, -0.05) is 19.9 Å². The van der Waals surface area contributed by atoms with E-state index in [9.17, 15) is 16.8 Å². The first-order valence-electron chi connectivity index (χ1n) is 6.97. The molecule has 1 aromatic heterocycles. The molecule has 1 aromatic carbocycles. The summed E-state index contributed by atoms with van der Waals surface area (Å²) in [5, 5.41) is 1.67. The molecule has 0 aliphatic heterocycles. The Morgan fingerprint density at radius 2 is 1.61 bits per heavy atom. The van der Waals surface area contributed by atoms with Gasteiger partial charge in [-0.05, 0) is 35.7 Å². The maximum atomic E-state index is 12.4. The van der Waals surface area contributed by atoms with Gasteiger partial charge in [0.15, 0.2) is 0 Å². The Morgan fingerprint density at radius 1 is 1.00 bits per heavy atom. The van der Waals surface area contributed by atoms with Gasteiger partial charge in [0.05, 0.1) is 4.90 Å². The molecule has 1 N–H and O–H groups in total. The lowest BCUT2D eigenvalue weighted by Crippen LogP contribution is -2.30. The fourth-order valence-electron chi connectivity index (χ4n) is 2.03. The van der Waals surface area contributed by atoms with Gasteiger partial charge in [-0.3, -0.25) is 4.72 Å². The molecule has 0 aliphatic rings. The van der Waals surface area contributed by atoms with Crippen LogP contribution in [0.15, 0.2) is 50.9 Å². The molecule has 1 heterocycles. The minimum absolute atomic E-state index is 0.139. The van der Waals surface area contributed by atoms with Crippen molar-refractivity contribution in [3.05, 3.63) is 41.8 Å². The van der Waals surface area contributed by atoms with E-state index in [4.69, 9.17) is 0 Å². The Kier molecular flexibility index (Phi) is 5.45. The molecule has 0 aliphatic carbocycles. The molecule has 0 saturated carbocycles. The second-order valence-corrected chi connectivity index (χ2v) is 9.45. The van der Waals surface area contributed by atoms with E-state index >= 15 is 0 Å². The van der Waals surface area contributed by atoms with E-state index in [2.05, 4.69) is 4.72 Å². The van der Waals surface area contributed by atoms with Crippen LogP contribution < -0.4 is 4.72 Å². The van der Waals surface area contributed by atoms with Crippen molar-refractivity contribution < 1.29 is 16.8 Å². The summed E-state index contributed by atoms with van der Waals surface area (Å²) in [6.07, 6.45) is 0. The predicted molar refractivity (Wildman–Crippen MR) is 91.7 cm³/mol. The summed E-state index contributed by atoms with van der Waals surface area (Å²) in [6.45, 7) is 4.30. The Hall–Kier alpha value is -1.42. The van der Waals surface area contributed by atoms with Crippen molar-refractivity contribution in [1.82, 2.24) is 4.31 Å². The van der Waals surface area contributed by atoms with Gasteiger partial charge in [-0.15, -0.1) is 11.3 Å². The number of nitrogens with one attached hydrogen (secondary N) is 1. The van der Waals surface area contributed by atoms with E-state index in [-0.39, 0.29) is 9.10 Å². The lowest BCUT2D eigenvalue weighted by Gasteiger charge is -2.18. The van der Waals surface area contributed by atoms with E-state index in [1.54, 1.807) is 25.3 Å². The molecule has 6 nitrogen and oxygen atoms in total. The number of sulfonamides is 2. The summed E-state index contributed by atoms with van der Waals surface area (Å²) in [7, 11) is -7.18. The van der Waals surface area contributed by atoms with E-state index in [1.165, 1.54) is 34.6 Å². The number of benzene rings is 1. The third kappa shape index (κ3) is 3.92. The number of hydrogen-bond donors (Lipinski definition) is 1. The summed E-state index contributed by atoms with van der Waals surface area (Å²) < 4.78 is 53.0. The molecular formula is C14H18N2O4S3. The van der Waals surface area contributed by atoms with Gasteiger partial charge in [0.1, 0.15) is 4.21 Å². The number of rotatable bonds is 7. The molecule has 126 valence electrons. The standard InChI is InChI=1S/C14H18N2O4S3/c1-3-16(4-2)23(19,20)13-9-7-12(8-10-13)15-22(17,18)14-6-5-11-21-14/h5-11,15H,3-4H2,1-2H3. The third-order valence-electron chi connectivity index (χ3n) is 3.21. The van der Waals surface area contributed by atoms with Crippen LogP contribution in [0.1, 0.15) is 13.8 Å². The van der Waals surface area contributed by atoms with E-state index in [0.717, 1.165) is 11.3 Å². The van der Waals surface area contributed by atoms with Crippen molar-refractivity contribution in [3.8, 4) is 0 Å². The zero-order chi connectivity index (χ0) is 17.1. The first-order valence-corrected chi connectivity index (χ1v) is 10.8. The van der Waals surface area contributed by atoms with Crippen LogP contribution in [0.2, 0.25) is 0 Å². The van der Waals surface area contributed by atoms with Crippen LogP contribution in [0, 0.1) is 0 Å². The molecular weight excluding hydrogens is 356 g/mol. The maximum absolute atomic E-state index is 12.4. The molecule has 0 saturated heterocycles. The highest BCUT2D eigenvalue weighted by molar-refractivity contribution is 7.94. The highest BCUT2D eigenvalue weighted by Crippen LogP contribution is 2.22. The van der Waals surface area contributed by atoms with Gasteiger partial charge in [0.25, 0.3) is 10.0 Å². The van der Waals surface area contributed by atoms with E-state index in [1.807, 2.05) is 0 Å². The topological polar surface area (TPSA) is 83.6 Å². The van der Waals surface area contributed by atoms with Crippen molar-refractivity contribution in [1.29, 1.82) is 0 Å². The Labute approximate surface area is 140 Å². The molecule has 0 atom stereocenters. The van der Waals surface area contributed by atoms with Crippen molar-refractivity contribution in [2.75, 3.05) is 17.8 Å². The minimum Gasteiger partial charge on any atom is -0.279 e. The first kappa shape index (κ1) is 17.9.